The monoisotopic (exact) mass is 545 g/mol. The van der Waals surface area contributed by atoms with Crippen molar-refractivity contribution in [1.82, 2.24) is 14.8 Å². The number of benzene rings is 1. The molecular formula is C14H15F2HgN3O3S. The molecule has 1 heterocycles. The molecule has 0 saturated heterocycles. The first-order valence-electron chi connectivity index (χ1n) is 7.18. The molecule has 2 rings (SSSR count). The van der Waals surface area contributed by atoms with Crippen molar-refractivity contribution in [3.8, 4) is 0 Å². The normalized spacial score (nSPS) is 13.2. The van der Waals surface area contributed by atoms with E-state index in [4.69, 9.17) is 4.18 Å². The number of hydrogen-bond acceptors (Lipinski definition) is 6. The predicted molar refractivity (Wildman–Crippen MR) is 79.6 cm³/mol. The second-order valence-electron chi connectivity index (χ2n) is 5.26. The molecule has 1 aromatic carbocycles. The van der Waals surface area contributed by atoms with Crippen molar-refractivity contribution in [3.05, 3.63) is 48.1 Å². The van der Waals surface area contributed by atoms with Crippen LogP contribution in [0.3, 0.4) is 0 Å². The third-order valence-electron chi connectivity index (χ3n) is 3.58. The number of nitrogens with zero attached hydrogens (tertiary/aromatic N) is 3. The van der Waals surface area contributed by atoms with Crippen LogP contribution in [-0.4, -0.2) is 25.4 Å². The van der Waals surface area contributed by atoms with E-state index in [1.165, 1.54) is 25.8 Å². The molecule has 24 heavy (non-hydrogen) atoms. The Balaban J connectivity index is 2.22. The van der Waals surface area contributed by atoms with Gasteiger partial charge in [0.1, 0.15) is 0 Å². The first-order chi connectivity index (χ1) is 11.5. The van der Waals surface area contributed by atoms with Crippen molar-refractivity contribution in [2.45, 2.75) is 22.8 Å². The molecule has 0 N–H and O–H groups in total. The maximum absolute atomic E-state index is 14.2. The van der Waals surface area contributed by atoms with Crippen LogP contribution < -0.4 is 0 Å². The van der Waals surface area contributed by atoms with E-state index in [2.05, 4.69) is 14.3 Å². The van der Waals surface area contributed by atoms with Crippen LogP contribution in [-0.2, 0) is 39.5 Å². The summed E-state index contributed by atoms with van der Waals surface area (Å²) >= 11 is -1.62. The van der Waals surface area contributed by atoms with Crippen LogP contribution in [0.2, 0.25) is 3.43 Å². The van der Waals surface area contributed by atoms with Crippen LogP contribution in [0.5, 0.6) is 0 Å². The van der Waals surface area contributed by atoms with Gasteiger partial charge >= 0.3 is 155 Å². The standard InChI is InChI=1S/C12H12F2N3.C2H3O3S.Hg/c1-2-9(6-17-8-15-7-16-17)11-5-10(13)3-4-12(11)14;1-4-6-5-2-3;/h2-5,7-9H,6H2,1H3;1H3;. The number of carbonyl (C=O) groups excluding carboxylic acids is 1. The molecule has 0 radical (unpaired) electrons. The van der Waals surface area contributed by atoms with Crippen molar-refractivity contribution in [2.24, 2.45) is 0 Å². The van der Waals surface area contributed by atoms with Gasteiger partial charge in [-0.25, -0.2) is 0 Å². The fourth-order valence-corrected chi connectivity index (χ4v) is 8.71. The van der Waals surface area contributed by atoms with E-state index in [-0.39, 0.29) is 18.4 Å². The zero-order valence-electron chi connectivity index (χ0n) is 13.2. The van der Waals surface area contributed by atoms with Gasteiger partial charge in [0, 0.05) is 0 Å². The first-order valence-corrected chi connectivity index (χ1v) is 13.8. The van der Waals surface area contributed by atoms with Crippen molar-refractivity contribution < 1.29 is 46.5 Å². The molecule has 10 heteroatoms. The number of halogens is 2. The van der Waals surface area contributed by atoms with E-state index in [0.29, 0.717) is 18.9 Å². The molecule has 1 aromatic heterocycles. The predicted octanol–water partition coefficient (Wildman–Crippen LogP) is 3.58. The van der Waals surface area contributed by atoms with Crippen molar-refractivity contribution in [1.29, 1.82) is 0 Å². The van der Waals surface area contributed by atoms with Crippen molar-refractivity contribution in [3.63, 3.8) is 0 Å². The minimum atomic E-state index is -2.24. The molecule has 0 aliphatic heterocycles. The Hall–Kier alpha value is -1.06. The Kier molecular flexibility index (Phi) is 7.57. The Morgan fingerprint density at radius 3 is 2.92 bits per heavy atom. The summed E-state index contributed by atoms with van der Waals surface area (Å²) in [6.45, 7) is 2.18. The molecule has 0 aliphatic rings. The molecule has 0 bridgehead atoms. The SMILES string of the molecule is COSO[C](=O)[Hg][C@H](C)C(Cn1cncn1)c1cc(F)ccc1F. The van der Waals surface area contributed by atoms with Crippen LogP contribution in [0.15, 0.2) is 30.9 Å². The van der Waals surface area contributed by atoms with Gasteiger partial charge in [-0.15, -0.1) is 0 Å². The van der Waals surface area contributed by atoms with Gasteiger partial charge in [-0.1, -0.05) is 0 Å². The number of carbonyl (C=O) groups is 1. The van der Waals surface area contributed by atoms with Crippen molar-refractivity contribution in [2.75, 3.05) is 7.11 Å². The molecule has 0 amide bonds. The summed E-state index contributed by atoms with van der Waals surface area (Å²) in [7, 11) is 1.40. The Morgan fingerprint density at radius 2 is 2.25 bits per heavy atom. The molecular weight excluding hydrogens is 529 g/mol. The van der Waals surface area contributed by atoms with Crippen molar-refractivity contribution >= 4 is 15.8 Å². The summed E-state index contributed by atoms with van der Waals surface area (Å²) < 4.78 is 38.5. The summed E-state index contributed by atoms with van der Waals surface area (Å²) in [6.07, 6.45) is 2.88. The van der Waals surface area contributed by atoms with Crippen LogP contribution in [0.1, 0.15) is 18.4 Å². The van der Waals surface area contributed by atoms with E-state index >= 15 is 0 Å². The van der Waals surface area contributed by atoms with Crippen LogP contribution in [0.4, 0.5) is 13.6 Å². The summed E-state index contributed by atoms with van der Waals surface area (Å²) in [5, 5.41) is 4.02. The molecule has 1 unspecified atom stereocenters. The quantitative estimate of drug-likeness (QED) is 0.375. The van der Waals surface area contributed by atoms with Gasteiger partial charge < -0.3 is 0 Å². The van der Waals surface area contributed by atoms with Gasteiger partial charge in [-0.05, 0) is 0 Å². The first kappa shape index (κ1) is 19.3. The molecule has 0 aliphatic carbocycles. The summed E-state index contributed by atoms with van der Waals surface area (Å²) in [4.78, 5) is 15.7. The number of hydrogen-bond donors (Lipinski definition) is 0. The molecule has 2 atom stereocenters. The van der Waals surface area contributed by atoms with Crippen LogP contribution in [0, 0.1) is 11.6 Å². The second-order valence-corrected chi connectivity index (χ2v) is 14.7. The molecule has 0 fully saturated rings. The average molecular weight is 544 g/mol. The fourth-order valence-electron chi connectivity index (χ4n) is 2.42. The third kappa shape index (κ3) is 5.49. The van der Waals surface area contributed by atoms with Crippen LogP contribution in [0.25, 0.3) is 0 Å². The second kappa shape index (κ2) is 9.43. The van der Waals surface area contributed by atoms with E-state index in [1.54, 1.807) is 4.68 Å². The van der Waals surface area contributed by atoms with Gasteiger partial charge in [-0.3, -0.25) is 0 Å². The number of aromatic nitrogens is 3. The van der Waals surface area contributed by atoms with Crippen LogP contribution >= 0.6 is 12.3 Å². The molecule has 6 nitrogen and oxygen atoms in total. The Labute approximate surface area is 154 Å². The third-order valence-corrected chi connectivity index (χ3v) is 11.4. The van der Waals surface area contributed by atoms with Gasteiger partial charge in [-0.2, -0.15) is 0 Å². The van der Waals surface area contributed by atoms with E-state index < -0.39 is 36.2 Å². The zero-order valence-corrected chi connectivity index (χ0v) is 19.5. The zero-order chi connectivity index (χ0) is 17.5. The summed E-state index contributed by atoms with van der Waals surface area (Å²) in [6, 6.07) is 3.35. The summed E-state index contributed by atoms with van der Waals surface area (Å²) in [5.41, 5.74) is 0.241. The molecule has 0 saturated carbocycles. The molecule has 126 valence electrons. The topological polar surface area (TPSA) is 66.2 Å². The van der Waals surface area contributed by atoms with E-state index in [0.717, 1.165) is 12.1 Å². The molecule has 2 aromatic rings. The van der Waals surface area contributed by atoms with E-state index in [9.17, 15) is 13.6 Å². The Morgan fingerprint density at radius 1 is 1.46 bits per heavy atom. The molecule has 0 spiro atoms. The van der Waals surface area contributed by atoms with Gasteiger partial charge in [0.25, 0.3) is 0 Å². The van der Waals surface area contributed by atoms with Gasteiger partial charge in [0.15, 0.2) is 0 Å². The Bertz CT molecular complexity index is 675. The summed E-state index contributed by atoms with van der Waals surface area (Å²) in [5.74, 6) is -1.40. The number of rotatable bonds is 8. The average Bonchev–Trinajstić information content (AvgIpc) is 3.06. The minimum absolute atomic E-state index is 0.101. The van der Waals surface area contributed by atoms with E-state index in [1.807, 2.05) is 6.92 Å². The van der Waals surface area contributed by atoms with Gasteiger partial charge in [0.05, 0.1) is 0 Å². The fraction of sp³-hybridized carbons (Fsp3) is 0.357. The maximum atomic E-state index is 14.2. The van der Waals surface area contributed by atoms with Gasteiger partial charge in [0.2, 0.25) is 0 Å².